The van der Waals surface area contributed by atoms with Gasteiger partial charge in [0.25, 0.3) is 0 Å². The fraction of sp³-hybridized carbons (Fsp3) is 0.923. The summed E-state index contributed by atoms with van der Waals surface area (Å²) < 4.78 is 14.9. The van der Waals surface area contributed by atoms with E-state index < -0.39 is 11.0 Å². The Labute approximate surface area is 193 Å². The largest absolute Gasteiger partial charge is 0.316 e. The zero-order valence-corrected chi connectivity index (χ0v) is 21.3. The number of hydrogen-bond acceptors (Lipinski definition) is 3. The first-order chi connectivity index (χ1) is 14.7. The molecule has 1 heterocycles. The molecule has 1 saturated heterocycles. The lowest BCUT2D eigenvalue weighted by Gasteiger charge is -2.58. The summed E-state index contributed by atoms with van der Waals surface area (Å²) in [5.41, 5.74) is 8.78. The third-order valence-corrected chi connectivity index (χ3v) is 12.9. The van der Waals surface area contributed by atoms with Crippen LogP contribution in [0.2, 0.25) is 0 Å². The summed E-state index contributed by atoms with van der Waals surface area (Å²) in [4.78, 5) is 2.67. The van der Waals surface area contributed by atoms with Crippen molar-refractivity contribution >= 4 is 11.0 Å². The van der Waals surface area contributed by atoms with Crippen molar-refractivity contribution in [2.75, 3.05) is 20.6 Å². The van der Waals surface area contributed by atoms with Crippen LogP contribution in [0.15, 0.2) is 11.6 Å². The van der Waals surface area contributed by atoms with Crippen molar-refractivity contribution in [3.05, 3.63) is 11.6 Å². The van der Waals surface area contributed by atoms with Gasteiger partial charge in [-0.05, 0) is 106 Å². The number of nitrogens with zero attached hydrogens (tertiary/aromatic N) is 2. The molecule has 176 valence electrons. The van der Waals surface area contributed by atoms with Crippen LogP contribution in [0, 0.1) is 34.5 Å². The van der Waals surface area contributed by atoms with E-state index in [1.54, 1.807) is 5.57 Å². The number of likely N-dealkylation sites (tertiary alicyclic amines) is 1. The highest BCUT2D eigenvalue weighted by atomic mass is 32.2. The van der Waals surface area contributed by atoms with Crippen LogP contribution in [0.4, 0.5) is 0 Å². The first kappa shape index (κ1) is 22.6. The Hall–Kier alpha value is -0.230. The molecule has 0 amide bonds. The van der Waals surface area contributed by atoms with Gasteiger partial charge in [-0.3, -0.25) is 0 Å². The number of allylic oxidation sites excluding steroid dienone is 1. The highest BCUT2D eigenvalue weighted by Crippen LogP contribution is 2.68. The lowest BCUT2D eigenvalue weighted by molar-refractivity contribution is -0.0418. The minimum Gasteiger partial charge on any atom is -0.316 e. The minimum absolute atomic E-state index is 0.236. The molecule has 4 aliphatic carbocycles. The van der Waals surface area contributed by atoms with Crippen molar-refractivity contribution in [3.8, 4) is 0 Å². The predicted molar refractivity (Wildman–Crippen MR) is 130 cm³/mol. The zero-order valence-electron chi connectivity index (χ0n) is 20.5. The molecule has 31 heavy (non-hydrogen) atoms. The Kier molecular flexibility index (Phi) is 5.76. The average Bonchev–Trinajstić information content (AvgIpc) is 3.25. The smallest absolute Gasteiger partial charge is 0.112 e. The van der Waals surface area contributed by atoms with Crippen LogP contribution in [0.5, 0.6) is 0 Å². The van der Waals surface area contributed by atoms with Crippen molar-refractivity contribution < 1.29 is 4.21 Å². The van der Waals surface area contributed by atoms with Gasteiger partial charge in [0.15, 0.2) is 0 Å². The highest BCUT2D eigenvalue weighted by molar-refractivity contribution is 7.83. The van der Waals surface area contributed by atoms with Gasteiger partial charge in [-0.1, -0.05) is 25.5 Å². The molecule has 10 atom stereocenters. The van der Waals surface area contributed by atoms with E-state index in [4.69, 9.17) is 5.73 Å². The fourth-order valence-electron chi connectivity index (χ4n) is 9.26. The Morgan fingerprint density at radius 2 is 1.97 bits per heavy atom. The Morgan fingerprint density at radius 1 is 1.23 bits per heavy atom. The van der Waals surface area contributed by atoms with E-state index in [1.165, 1.54) is 45.1 Å². The summed E-state index contributed by atoms with van der Waals surface area (Å²) in [6.45, 7) is 8.45. The van der Waals surface area contributed by atoms with Gasteiger partial charge in [0.1, 0.15) is 11.0 Å². The van der Waals surface area contributed by atoms with Gasteiger partial charge >= 0.3 is 0 Å². The van der Waals surface area contributed by atoms with Crippen LogP contribution in [-0.4, -0.2) is 51.5 Å². The molecule has 5 rings (SSSR count). The van der Waals surface area contributed by atoms with Crippen LogP contribution in [0.25, 0.3) is 0 Å². The monoisotopic (exact) mass is 447 g/mol. The lowest BCUT2D eigenvalue weighted by atomic mass is 9.47. The van der Waals surface area contributed by atoms with E-state index >= 15 is 0 Å². The summed E-state index contributed by atoms with van der Waals surface area (Å²) in [5.74, 6) is 3.62. The normalized spacial score (nSPS) is 49.1. The Morgan fingerprint density at radius 3 is 2.71 bits per heavy atom. The Balaban J connectivity index is 1.36. The summed E-state index contributed by atoms with van der Waals surface area (Å²) in [6, 6.07) is 1.15. The Bertz CT molecular complexity index is 770. The molecule has 2 unspecified atom stereocenters. The molecular weight excluding hydrogens is 402 g/mol. The van der Waals surface area contributed by atoms with Gasteiger partial charge in [0.05, 0.1) is 5.37 Å². The predicted octanol–water partition coefficient (Wildman–Crippen LogP) is 4.54. The van der Waals surface area contributed by atoms with Gasteiger partial charge in [-0.2, -0.15) is 0 Å². The van der Waals surface area contributed by atoms with Crippen molar-refractivity contribution in [2.45, 2.75) is 96.0 Å². The maximum atomic E-state index is 12.8. The first-order valence-corrected chi connectivity index (χ1v) is 14.2. The second kappa shape index (κ2) is 7.92. The van der Waals surface area contributed by atoms with Gasteiger partial charge in [0.2, 0.25) is 0 Å². The van der Waals surface area contributed by atoms with Crippen LogP contribution in [0.3, 0.4) is 0 Å². The minimum atomic E-state index is -1.08. The molecule has 3 saturated carbocycles. The zero-order chi connectivity index (χ0) is 22.1. The summed E-state index contributed by atoms with van der Waals surface area (Å²) in [6.07, 6.45) is 14.0. The van der Waals surface area contributed by atoms with Crippen molar-refractivity contribution in [2.24, 2.45) is 40.2 Å². The van der Waals surface area contributed by atoms with Gasteiger partial charge in [-0.25, -0.2) is 8.51 Å². The molecular formula is C26H45N3OS. The second-order valence-electron chi connectivity index (χ2n) is 12.0. The number of fused-ring (bicyclic) bond motifs is 4. The van der Waals surface area contributed by atoms with Crippen LogP contribution >= 0.6 is 0 Å². The van der Waals surface area contributed by atoms with Crippen molar-refractivity contribution in [1.82, 2.24) is 9.21 Å². The lowest BCUT2D eigenvalue weighted by Crippen LogP contribution is -2.53. The third-order valence-electron chi connectivity index (χ3n) is 11.1. The van der Waals surface area contributed by atoms with Crippen LogP contribution < -0.4 is 5.73 Å². The molecule has 5 aliphatic rings. The van der Waals surface area contributed by atoms with E-state index in [0.717, 1.165) is 49.0 Å². The van der Waals surface area contributed by atoms with E-state index in [-0.39, 0.29) is 5.37 Å². The molecule has 5 heteroatoms. The molecule has 0 bridgehead atoms. The van der Waals surface area contributed by atoms with E-state index in [9.17, 15) is 4.21 Å². The SMILES string of the molecule is CC[C@H](N)S(=O)N(C)[C@H]1CC[C@@]2(C)C(=CC[C@@H]3C2CC[C@]24CN(C)[C@@H](C)[C@H]2CC[C@@H]34)C1. The van der Waals surface area contributed by atoms with Crippen LogP contribution in [-0.2, 0) is 11.0 Å². The van der Waals surface area contributed by atoms with E-state index in [2.05, 4.69) is 36.2 Å². The van der Waals surface area contributed by atoms with Crippen molar-refractivity contribution in [3.63, 3.8) is 0 Å². The molecule has 0 aromatic carbocycles. The average molecular weight is 448 g/mol. The van der Waals surface area contributed by atoms with E-state index in [0.29, 0.717) is 16.9 Å². The fourth-order valence-corrected chi connectivity index (χ4v) is 10.4. The van der Waals surface area contributed by atoms with Gasteiger partial charge in [-0.15, -0.1) is 0 Å². The van der Waals surface area contributed by atoms with Gasteiger partial charge < -0.3 is 10.6 Å². The van der Waals surface area contributed by atoms with Crippen LogP contribution in [0.1, 0.15) is 78.6 Å². The number of nitrogens with two attached hydrogens (primary N) is 1. The molecule has 0 aromatic rings. The first-order valence-electron chi connectivity index (χ1n) is 13.0. The maximum Gasteiger partial charge on any atom is 0.112 e. The quantitative estimate of drug-likeness (QED) is 0.644. The molecule has 4 nitrogen and oxygen atoms in total. The molecule has 2 N–H and O–H groups in total. The molecule has 4 fully saturated rings. The van der Waals surface area contributed by atoms with Crippen molar-refractivity contribution in [1.29, 1.82) is 0 Å². The standard InChI is InChI=1S/C26H45N3OS/c1-6-24(27)31(30)29(5)19-11-13-25(3)18(15-19)7-8-20-22(25)12-14-26-16-28(4)17(2)21(26)9-10-23(20)26/h7,17,19-24H,6,8-16,27H2,1-5H3/t17-,19-,20+,21+,22?,23-,24+,25-,26-,31?/m0/s1. The van der Waals surface area contributed by atoms with E-state index in [1.807, 2.05) is 14.0 Å². The number of hydrogen-bond donors (Lipinski definition) is 1. The highest BCUT2D eigenvalue weighted by Gasteiger charge is 2.64. The molecule has 0 radical (unpaired) electrons. The number of rotatable bonds is 4. The maximum absolute atomic E-state index is 12.8. The summed E-state index contributed by atoms with van der Waals surface area (Å²) in [5, 5.41) is -0.236. The summed E-state index contributed by atoms with van der Waals surface area (Å²) in [7, 11) is 3.33. The second-order valence-corrected chi connectivity index (χ2v) is 13.8. The molecule has 1 aliphatic heterocycles. The van der Waals surface area contributed by atoms with Gasteiger partial charge in [0, 0.05) is 25.7 Å². The topological polar surface area (TPSA) is 49.6 Å². The molecule has 1 spiro atoms. The summed E-state index contributed by atoms with van der Waals surface area (Å²) >= 11 is 0. The third kappa shape index (κ3) is 3.19. The molecule has 0 aromatic heterocycles.